The highest BCUT2D eigenvalue weighted by Gasteiger charge is 2.70. The molecule has 0 aromatic carbocycles. The molecular formula is C33H47NO2. The van der Waals surface area contributed by atoms with Crippen LogP contribution in [0, 0.1) is 56.8 Å². The summed E-state index contributed by atoms with van der Waals surface area (Å²) >= 11 is 0. The molecule has 36 heavy (non-hydrogen) atoms. The van der Waals surface area contributed by atoms with E-state index in [4.69, 9.17) is 6.57 Å². The van der Waals surface area contributed by atoms with Crippen molar-refractivity contribution in [3.63, 3.8) is 0 Å². The molecule has 0 saturated heterocycles. The van der Waals surface area contributed by atoms with Gasteiger partial charge in [0, 0.05) is 11.3 Å². The fraction of sp³-hybridized carbons (Fsp3) is 0.788. The molecule has 0 heterocycles. The Kier molecular flexibility index (Phi) is 5.37. The van der Waals surface area contributed by atoms with Crippen molar-refractivity contribution in [2.75, 3.05) is 0 Å². The van der Waals surface area contributed by atoms with E-state index in [9.17, 15) is 9.59 Å². The largest absolute Gasteiger partial charge is 0.299 e. The van der Waals surface area contributed by atoms with Gasteiger partial charge in [0.25, 0.3) is 0 Å². The molecule has 0 amide bonds. The summed E-state index contributed by atoms with van der Waals surface area (Å²) in [5.74, 6) is 1.06. The summed E-state index contributed by atoms with van der Waals surface area (Å²) in [7, 11) is 0. The van der Waals surface area contributed by atoms with E-state index >= 15 is 0 Å². The number of rotatable bonds is 1. The molecule has 0 aromatic rings. The third-order valence-electron chi connectivity index (χ3n) is 13.3. The van der Waals surface area contributed by atoms with Gasteiger partial charge in [0.1, 0.15) is 5.78 Å². The molecule has 0 radical (unpaired) electrons. The van der Waals surface area contributed by atoms with Crippen LogP contribution in [0.15, 0.2) is 22.9 Å². The topological polar surface area (TPSA) is 38.5 Å². The quantitative estimate of drug-likeness (QED) is 0.347. The van der Waals surface area contributed by atoms with Crippen LogP contribution in [0.2, 0.25) is 0 Å². The SMILES string of the molecule is [C-]#[N+]C1=C(C)C(C)(C)[C@@H]2CC[C@]3(C)C(=CC(=O)[C@@H]4[C@@H]5CC(C)(C)CC[C@]5(C(C)=O)CC[C@]43C)[C@@]2(C)C1. The van der Waals surface area contributed by atoms with Crippen molar-refractivity contribution >= 4 is 11.6 Å². The molecule has 0 unspecified atom stereocenters. The molecule has 7 atom stereocenters. The van der Waals surface area contributed by atoms with Crippen LogP contribution in [0.5, 0.6) is 0 Å². The van der Waals surface area contributed by atoms with Gasteiger partial charge in [-0.2, -0.15) is 0 Å². The van der Waals surface area contributed by atoms with Crippen LogP contribution in [0.3, 0.4) is 0 Å². The summed E-state index contributed by atoms with van der Waals surface area (Å²) in [5.41, 5.74) is 2.81. The Morgan fingerprint density at radius 3 is 2.25 bits per heavy atom. The van der Waals surface area contributed by atoms with Crippen molar-refractivity contribution < 1.29 is 9.59 Å². The number of carbonyl (C=O) groups is 2. The zero-order valence-corrected chi connectivity index (χ0v) is 24.2. The van der Waals surface area contributed by atoms with Crippen LogP contribution in [0.4, 0.5) is 0 Å². The average molecular weight is 490 g/mol. The summed E-state index contributed by atoms with van der Waals surface area (Å²) in [6.45, 7) is 28.4. The number of carbonyl (C=O) groups excluding carboxylic acids is 2. The molecule has 0 bridgehead atoms. The summed E-state index contributed by atoms with van der Waals surface area (Å²) in [6, 6.07) is 0. The fourth-order valence-corrected chi connectivity index (χ4v) is 10.7. The lowest BCUT2D eigenvalue weighted by Gasteiger charge is -2.69. The number of allylic oxidation sites excluding steroid dienone is 4. The van der Waals surface area contributed by atoms with E-state index < -0.39 is 0 Å². The maximum absolute atomic E-state index is 14.4. The predicted molar refractivity (Wildman–Crippen MR) is 145 cm³/mol. The number of ketones is 2. The molecule has 0 aliphatic heterocycles. The van der Waals surface area contributed by atoms with Gasteiger partial charge >= 0.3 is 0 Å². The lowest BCUT2D eigenvalue weighted by molar-refractivity contribution is -0.177. The second kappa shape index (κ2) is 7.45. The van der Waals surface area contributed by atoms with E-state index in [2.05, 4.69) is 66.3 Å². The first-order valence-electron chi connectivity index (χ1n) is 14.4. The Hall–Kier alpha value is -1.69. The molecule has 0 aromatic heterocycles. The summed E-state index contributed by atoms with van der Waals surface area (Å²) < 4.78 is 0. The molecule has 3 heteroatoms. The van der Waals surface area contributed by atoms with Gasteiger partial charge in [-0.3, -0.25) is 9.59 Å². The minimum absolute atomic E-state index is 0.0560. The number of nitrogens with zero attached hydrogens (tertiary/aromatic N) is 1. The molecule has 0 spiro atoms. The summed E-state index contributed by atoms with van der Waals surface area (Å²) in [6.07, 6.45) is 9.87. The zero-order valence-electron chi connectivity index (χ0n) is 24.2. The molecule has 5 rings (SSSR count). The average Bonchev–Trinajstić information content (AvgIpc) is 2.77. The number of hydrogen-bond acceptors (Lipinski definition) is 2. The molecule has 3 nitrogen and oxygen atoms in total. The van der Waals surface area contributed by atoms with Gasteiger partial charge in [0.15, 0.2) is 11.5 Å². The highest BCUT2D eigenvalue weighted by atomic mass is 16.1. The molecule has 5 aliphatic carbocycles. The van der Waals surface area contributed by atoms with E-state index in [1.165, 1.54) is 11.1 Å². The van der Waals surface area contributed by atoms with Gasteiger partial charge in [-0.1, -0.05) is 66.5 Å². The Bertz CT molecular complexity index is 1150. The molecule has 3 fully saturated rings. The van der Waals surface area contributed by atoms with Crippen molar-refractivity contribution in [1.29, 1.82) is 0 Å². The minimum atomic E-state index is -0.331. The Labute approximate surface area is 219 Å². The van der Waals surface area contributed by atoms with Crippen LogP contribution in [-0.4, -0.2) is 11.6 Å². The molecule has 3 saturated carbocycles. The smallest absolute Gasteiger partial charge is 0.165 e. The third-order valence-corrected chi connectivity index (χ3v) is 13.3. The van der Waals surface area contributed by atoms with Crippen LogP contribution in [-0.2, 0) is 9.59 Å². The fourth-order valence-electron chi connectivity index (χ4n) is 10.7. The van der Waals surface area contributed by atoms with Crippen molar-refractivity contribution in [1.82, 2.24) is 0 Å². The maximum atomic E-state index is 14.4. The Morgan fingerprint density at radius 2 is 1.64 bits per heavy atom. The summed E-state index contributed by atoms with van der Waals surface area (Å²) in [4.78, 5) is 31.7. The first kappa shape index (κ1) is 25.9. The van der Waals surface area contributed by atoms with E-state index in [0.29, 0.717) is 11.7 Å². The molecule has 5 aliphatic rings. The standard InChI is InChI=1S/C33H47NO2/c1-20-23(34-10)19-30(7)25(29(20,5)6)11-12-31(8)26(30)17-24(36)27-22-18-28(3,4)13-15-33(22,21(2)35)16-14-32(27,31)9/h17,22,25,27H,11-16,18-19H2,1-9H3/t22-,25-,27-,30-,31+,32+,33+/m0/s1. The highest BCUT2D eigenvalue weighted by Crippen LogP contribution is 2.75. The second-order valence-corrected chi connectivity index (χ2v) is 15.5. The number of fused-ring (bicyclic) bond motifs is 7. The maximum Gasteiger partial charge on any atom is 0.165 e. The summed E-state index contributed by atoms with van der Waals surface area (Å²) in [5, 5.41) is 0. The first-order valence-corrected chi connectivity index (χ1v) is 14.4. The van der Waals surface area contributed by atoms with Crippen LogP contribution < -0.4 is 0 Å². The van der Waals surface area contributed by atoms with E-state index in [0.717, 1.165) is 57.1 Å². The van der Waals surface area contributed by atoms with Gasteiger partial charge in [0.05, 0.1) is 6.57 Å². The molecular weight excluding hydrogens is 442 g/mol. The third kappa shape index (κ3) is 2.97. The minimum Gasteiger partial charge on any atom is -0.299 e. The van der Waals surface area contributed by atoms with Gasteiger partial charge in [0.2, 0.25) is 0 Å². The van der Waals surface area contributed by atoms with Crippen molar-refractivity contribution in [3.05, 3.63) is 34.3 Å². The van der Waals surface area contributed by atoms with E-state index in [-0.39, 0.29) is 50.1 Å². The normalized spacial score (nSPS) is 46.9. The number of Topliss-reactive ketones (excluding diaryl/α,β-unsaturated/α-hetero) is 1. The molecule has 0 N–H and O–H groups in total. The van der Waals surface area contributed by atoms with Gasteiger partial charge in [-0.05, 0) is 103 Å². The van der Waals surface area contributed by atoms with Crippen LogP contribution in [0.25, 0.3) is 4.85 Å². The zero-order chi connectivity index (χ0) is 26.7. The molecule has 196 valence electrons. The highest BCUT2D eigenvalue weighted by molar-refractivity contribution is 5.96. The lowest BCUT2D eigenvalue weighted by Crippen LogP contribution is -2.65. The van der Waals surface area contributed by atoms with E-state index in [1.54, 1.807) is 6.92 Å². The monoisotopic (exact) mass is 489 g/mol. The second-order valence-electron chi connectivity index (χ2n) is 15.5. The Balaban J connectivity index is 1.69. The lowest BCUT2D eigenvalue weighted by atomic mass is 9.33. The van der Waals surface area contributed by atoms with Gasteiger partial charge in [-0.25, -0.2) is 4.85 Å². The van der Waals surface area contributed by atoms with E-state index in [1.807, 2.05) is 0 Å². The van der Waals surface area contributed by atoms with Crippen molar-refractivity contribution in [2.45, 2.75) is 114 Å². The Morgan fingerprint density at radius 1 is 1.00 bits per heavy atom. The van der Waals surface area contributed by atoms with Crippen LogP contribution in [0.1, 0.15) is 114 Å². The van der Waals surface area contributed by atoms with Gasteiger partial charge < -0.3 is 0 Å². The number of hydrogen-bond donors (Lipinski definition) is 0. The predicted octanol–water partition coefficient (Wildman–Crippen LogP) is 8.36. The van der Waals surface area contributed by atoms with Crippen molar-refractivity contribution in [2.24, 2.45) is 50.2 Å². The van der Waals surface area contributed by atoms with Crippen LogP contribution >= 0.6 is 0 Å². The first-order chi connectivity index (χ1) is 16.5. The van der Waals surface area contributed by atoms with Gasteiger partial charge in [-0.15, -0.1) is 0 Å². The van der Waals surface area contributed by atoms with Crippen molar-refractivity contribution in [3.8, 4) is 0 Å².